The summed E-state index contributed by atoms with van der Waals surface area (Å²) in [5, 5.41) is 0. The number of rotatable bonds is 8. The van der Waals surface area contributed by atoms with Gasteiger partial charge in [-0.1, -0.05) is 29.8 Å². The molecule has 0 aliphatic heterocycles. The van der Waals surface area contributed by atoms with Gasteiger partial charge in [0.1, 0.15) is 11.6 Å². The molecule has 0 radical (unpaired) electrons. The van der Waals surface area contributed by atoms with E-state index >= 15 is 0 Å². The van der Waals surface area contributed by atoms with Gasteiger partial charge in [-0.3, -0.25) is 14.3 Å². The molecule has 1 saturated carbocycles. The lowest BCUT2D eigenvalue weighted by molar-refractivity contribution is -0.152. The predicted molar refractivity (Wildman–Crippen MR) is 144 cm³/mol. The third-order valence-electron chi connectivity index (χ3n) is 6.68. The van der Waals surface area contributed by atoms with Crippen molar-refractivity contribution in [3.05, 3.63) is 110 Å². The molecule has 1 aliphatic carbocycles. The molecule has 0 atom stereocenters. The highest BCUT2D eigenvalue weighted by Crippen LogP contribution is 2.36. The van der Waals surface area contributed by atoms with Crippen LogP contribution in [0.4, 0.5) is 10.1 Å². The van der Waals surface area contributed by atoms with Gasteiger partial charge in [-0.15, -0.1) is 0 Å². The van der Waals surface area contributed by atoms with Crippen LogP contribution >= 0.6 is 0 Å². The van der Waals surface area contributed by atoms with Gasteiger partial charge in [0, 0.05) is 12.1 Å². The number of aromatic nitrogens is 4. The highest BCUT2D eigenvalue weighted by Gasteiger charge is 2.38. The maximum absolute atomic E-state index is 13.7. The topological polar surface area (TPSA) is 121 Å². The number of carbonyl (C=O) groups is 1. The predicted octanol–water partition coefficient (Wildman–Crippen LogP) is 3.77. The summed E-state index contributed by atoms with van der Waals surface area (Å²) >= 11 is 0. The SMILES string of the molecule is CCOC(=O)[C@H]1C[C@H](n2c(=O)[nH]/c(=N\c3ccc(Oc4ccc(F)cn4)cc3)n(Cc3ccc(C)cc3)c2=O)C1. The Morgan fingerprint density at radius 1 is 1.07 bits per heavy atom. The van der Waals surface area contributed by atoms with Gasteiger partial charge in [-0.25, -0.2) is 28.5 Å². The van der Waals surface area contributed by atoms with Crippen molar-refractivity contribution in [3.63, 3.8) is 0 Å². The molecule has 2 heterocycles. The van der Waals surface area contributed by atoms with Crippen molar-refractivity contribution in [1.29, 1.82) is 0 Å². The Labute approximate surface area is 228 Å². The van der Waals surface area contributed by atoms with Crippen LogP contribution < -0.4 is 21.7 Å². The Hall–Kier alpha value is -4.80. The first kappa shape index (κ1) is 26.8. The molecule has 0 bridgehead atoms. The minimum absolute atomic E-state index is 0.0851. The first-order valence-corrected chi connectivity index (χ1v) is 12.9. The number of H-pyrrole nitrogens is 1. The Bertz CT molecular complexity index is 1680. The van der Waals surface area contributed by atoms with Crippen LogP contribution in [0.5, 0.6) is 11.6 Å². The van der Waals surface area contributed by atoms with Crippen molar-refractivity contribution in [2.75, 3.05) is 6.61 Å². The van der Waals surface area contributed by atoms with Crippen LogP contribution in [0.2, 0.25) is 0 Å². The molecule has 11 heteroatoms. The Morgan fingerprint density at radius 3 is 2.45 bits per heavy atom. The lowest BCUT2D eigenvalue weighted by Crippen LogP contribution is -2.53. The zero-order chi connectivity index (χ0) is 28.2. The van der Waals surface area contributed by atoms with Crippen molar-refractivity contribution in [2.24, 2.45) is 10.9 Å². The summed E-state index contributed by atoms with van der Waals surface area (Å²) in [4.78, 5) is 50.0. The molecule has 4 aromatic rings. The van der Waals surface area contributed by atoms with Crippen LogP contribution in [-0.2, 0) is 16.1 Å². The molecular weight excluding hydrogens is 517 g/mol. The van der Waals surface area contributed by atoms with Crippen molar-refractivity contribution < 1.29 is 18.7 Å². The smallest absolute Gasteiger partial charge is 0.335 e. The molecule has 0 unspecified atom stereocenters. The monoisotopic (exact) mass is 545 g/mol. The second kappa shape index (κ2) is 11.5. The van der Waals surface area contributed by atoms with Crippen LogP contribution in [0, 0.1) is 18.7 Å². The minimum atomic E-state index is -0.599. The molecule has 0 spiro atoms. The molecule has 5 rings (SSSR count). The third kappa shape index (κ3) is 5.93. The second-order valence-electron chi connectivity index (χ2n) is 9.57. The zero-order valence-corrected chi connectivity index (χ0v) is 22.0. The zero-order valence-electron chi connectivity index (χ0n) is 22.0. The molecule has 40 heavy (non-hydrogen) atoms. The molecular formula is C29H28FN5O5. The van der Waals surface area contributed by atoms with Crippen LogP contribution in [0.15, 0.2) is 81.4 Å². The molecule has 10 nitrogen and oxygen atoms in total. The van der Waals surface area contributed by atoms with Gasteiger partial charge in [-0.05, 0) is 62.6 Å². The summed E-state index contributed by atoms with van der Waals surface area (Å²) < 4.78 is 26.4. The van der Waals surface area contributed by atoms with E-state index in [1.54, 1.807) is 31.2 Å². The number of esters is 1. The van der Waals surface area contributed by atoms with E-state index in [1.807, 2.05) is 31.2 Å². The normalized spacial score (nSPS) is 16.8. The van der Waals surface area contributed by atoms with Gasteiger partial charge in [0.15, 0.2) is 0 Å². The number of hydrogen-bond acceptors (Lipinski definition) is 7. The number of benzene rings is 2. The van der Waals surface area contributed by atoms with Gasteiger partial charge in [-0.2, -0.15) is 0 Å². The van der Waals surface area contributed by atoms with E-state index in [-0.39, 0.29) is 36.5 Å². The number of aryl methyl sites for hydroxylation is 1. The average molecular weight is 546 g/mol. The van der Waals surface area contributed by atoms with Crippen LogP contribution in [0.1, 0.15) is 36.9 Å². The summed E-state index contributed by atoms with van der Waals surface area (Å²) in [6, 6.07) is 16.6. The summed E-state index contributed by atoms with van der Waals surface area (Å²) in [6.45, 7) is 4.17. The number of nitrogens with one attached hydrogen (secondary N) is 1. The molecule has 206 valence electrons. The van der Waals surface area contributed by atoms with Gasteiger partial charge in [0.2, 0.25) is 11.5 Å². The van der Waals surface area contributed by atoms with Gasteiger partial charge < -0.3 is 9.47 Å². The highest BCUT2D eigenvalue weighted by molar-refractivity contribution is 5.73. The molecule has 1 fully saturated rings. The molecule has 0 amide bonds. The molecule has 2 aromatic carbocycles. The molecule has 0 saturated heterocycles. The number of pyridine rings is 1. The highest BCUT2D eigenvalue weighted by atomic mass is 19.1. The summed E-state index contributed by atoms with van der Waals surface area (Å²) in [6.07, 6.45) is 1.77. The van der Waals surface area contributed by atoms with Crippen LogP contribution in [-0.4, -0.2) is 31.7 Å². The van der Waals surface area contributed by atoms with Crippen molar-refractivity contribution in [3.8, 4) is 11.6 Å². The first-order valence-electron chi connectivity index (χ1n) is 12.9. The Kier molecular flexibility index (Phi) is 7.72. The van der Waals surface area contributed by atoms with Crippen molar-refractivity contribution in [1.82, 2.24) is 19.1 Å². The Morgan fingerprint density at radius 2 is 1.80 bits per heavy atom. The van der Waals surface area contributed by atoms with Gasteiger partial charge in [0.25, 0.3) is 0 Å². The van der Waals surface area contributed by atoms with Crippen molar-refractivity contribution in [2.45, 2.75) is 39.3 Å². The quantitative estimate of drug-likeness (QED) is 0.337. The van der Waals surface area contributed by atoms with Crippen LogP contribution in [0.25, 0.3) is 0 Å². The number of halogens is 1. The Balaban J connectivity index is 1.48. The number of carbonyl (C=O) groups excluding carboxylic acids is 1. The third-order valence-corrected chi connectivity index (χ3v) is 6.68. The maximum atomic E-state index is 13.7. The first-order chi connectivity index (χ1) is 19.3. The van der Waals surface area contributed by atoms with Crippen LogP contribution in [0.3, 0.4) is 0 Å². The number of nitrogens with zero attached hydrogens (tertiary/aromatic N) is 4. The summed E-state index contributed by atoms with van der Waals surface area (Å²) in [5.41, 5.74) is 1.38. The summed E-state index contributed by atoms with van der Waals surface area (Å²) in [7, 11) is 0. The minimum Gasteiger partial charge on any atom is -0.466 e. The van der Waals surface area contributed by atoms with E-state index in [1.165, 1.54) is 16.7 Å². The van der Waals surface area contributed by atoms with Gasteiger partial charge >= 0.3 is 17.3 Å². The number of hydrogen-bond donors (Lipinski definition) is 1. The second-order valence-corrected chi connectivity index (χ2v) is 9.57. The van der Waals surface area contributed by atoms with E-state index < -0.39 is 23.2 Å². The summed E-state index contributed by atoms with van der Waals surface area (Å²) in [5.74, 6) is -0.429. The molecule has 1 N–H and O–H groups in total. The molecule has 2 aromatic heterocycles. The fourth-order valence-corrected chi connectivity index (χ4v) is 4.47. The van der Waals surface area contributed by atoms with E-state index in [4.69, 9.17) is 9.47 Å². The van der Waals surface area contributed by atoms with E-state index in [2.05, 4.69) is 15.0 Å². The fraction of sp³-hybridized carbons (Fsp3) is 0.276. The molecule has 1 aliphatic rings. The number of ether oxygens (including phenoxy) is 2. The van der Waals surface area contributed by atoms with Gasteiger partial charge in [0.05, 0.1) is 31.0 Å². The number of aromatic amines is 1. The largest absolute Gasteiger partial charge is 0.466 e. The average Bonchev–Trinajstić information content (AvgIpc) is 2.91. The fourth-order valence-electron chi connectivity index (χ4n) is 4.47. The van der Waals surface area contributed by atoms with E-state index in [0.717, 1.165) is 21.9 Å². The van der Waals surface area contributed by atoms with E-state index in [0.29, 0.717) is 24.3 Å². The lowest BCUT2D eigenvalue weighted by Gasteiger charge is -2.34. The van der Waals surface area contributed by atoms with E-state index in [9.17, 15) is 18.8 Å². The standard InChI is InChI=1S/C29H28FN5O5/c1-3-39-26(36)20-14-23(15-20)35-28(37)33-27(34(29(35)38)17-19-6-4-18(2)5-7-19)32-22-9-11-24(12-10-22)40-25-13-8-21(30)16-31-25/h4-13,16,20,23H,3,14-15,17H2,1-2H3,(H,32,33,37)/t20-,23-. The maximum Gasteiger partial charge on any atom is 0.335 e. The lowest BCUT2D eigenvalue weighted by atomic mass is 9.80. The van der Waals surface area contributed by atoms with Crippen molar-refractivity contribution >= 4 is 11.7 Å².